The Morgan fingerprint density at radius 3 is 2.76 bits per heavy atom. The standard InChI is InChI=1S/C14H14INO/c1-2-4-14(17)16-10-3-5-13(16)11-6-8-12(15)9-7-11/h6-9,13H,3,5,10H2,1H3/t13-/m1/s1. The van der Waals surface area contributed by atoms with Gasteiger partial charge < -0.3 is 4.90 Å². The third kappa shape index (κ3) is 2.81. The summed E-state index contributed by atoms with van der Waals surface area (Å²) in [6.07, 6.45) is 2.10. The van der Waals surface area contributed by atoms with Crippen LogP contribution in [0.5, 0.6) is 0 Å². The van der Waals surface area contributed by atoms with E-state index in [2.05, 4.69) is 58.7 Å². The molecule has 0 spiro atoms. The zero-order valence-electron chi connectivity index (χ0n) is 9.74. The van der Waals surface area contributed by atoms with E-state index in [1.165, 1.54) is 9.13 Å². The van der Waals surface area contributed by atoms with Crippen LogP contribution in [0.2, 0.25) is 0 Å². The molecule has 1 saturated heterocycles. The minimum Gasteiger partial charge on any atom is -0.325 e. The first-order valence-corrected chi connectivity index (χ1v) is 6.79. The Morgan fingerprint density at radius 1 is 1.41 bits per heavy atom. The van der Waals surface area contributed by atoms with Crippen molar-refractivity contribution >= 4 is 28.5 Å². The van der Waals surface area contributed by atoms with Gasteiger partial charge in [0.1, 0.15) is 0 Å². The second-order valence-electron chi connectivity index (χ2n) is 4.08. The quantitative estimate of drug-likeness (QED) is 0.569. The van der Waals surface area contributed by atoms with Crippen molar-refractivity contribution in [3.05, 3.63) is 33.4 Å². The van der Waals surface area contributed by atoms with Crippen LogP contribution in [0, 0.1) is 15.4 Å². The van der Waals surface area contributed by atoms with Crippen LogP contribution in [0.3, 0.4) is 0 Å². The lowest BCUT2D eigenvalue weighted by molar-refractivity contribution is -0.126. The fourth-order valence-corrected chi connectivity index (χ4v) is 2.58. The number of carbonyl (C=O) groups excluding carboxylic acids is 1. The number of likely N-dealkylation sites (tertiary alicyclic amines) is 1. The molecule has 1 fully saturated rings. The Balaban J connectivity index is 2.21. The summed E-state index contributed by atoms with van der Waals surface area (Å²) in [4.78, 5) is 13.7. The van der Waals surface area contributed by atoms with E-state index >= 15 is 0 Å². The molecule has 17 heavy (non-hydrogen) atoms. The van der Waals surface area contributed by atoms with Crippen molar-refractivity contribution in [2.45, 2.75) is 25.8 Å². The third-order valence-corrected chi connectivity index (χ3v) is 3.72. The van der Waals surface area contributed by atoms with Gasteiger partial charge in [0.05, 0.1) is 6.04 Å². The molecule has 1 aliphatic heterocycles. The average molecular weight is 339 g/mol. The van der Waals surface area contributed by atoms with Gasteiger partial charge in [0.2, 0.25) is 0 Å². The van der Waals surface area contributed by atoms with E-state index in [0.717, 1.165) is 19.4 Å². The summed E-state index contributed by atoms with van der Waals surface area (Å²) in [5, 5.41) is 0. The van der Waals surface area contributed by atoms with Crippen LogP contribution < -0.4 is 0 Å². The number of hydrogen-bond acceptors (Lipinski definition) is 1. The Bertz CT molecular complexity index is 469. The van der Waals surface area contributed by atoms with E-state index < -0.39 is 0 Å². The summed E-state index contributed by atoms with van der Waals surface area (Å²) in [6.45, 7) is 2.53. The monoisotopic (exact) mass is 339 g/mol. The second kappa shape index (κ2) is 5.54. The number of benzene rings is 1. The summed E-state index contributed by atoms with van der Waals surface area (Å²) < 4.78 is 1.22. The van der Waals surface area contributed by atoms with Crippen LogP contribution in [-0.2, 0) is 4.79 Å². The van der Waals surface area contributed by atoms with Crippen LogP contribution >= 0.6 is 22.6 Å². The first-order chi connectivity index (χ1) is 8.22. The normalized spacial score (nSPS) is 18.7. The van der Waals surface area contributed by atoms with Gasteiger partial charge in [-0.2, -0.15) is 0 Å². The molecular weight excluding hydrogens is 325 g/mol. The van der Waals surface area contributed by atoms with Gasteiger partial charge in [-0.05, 0) is 66.0 Å². The van der Waals surface area contributed by atoms with Crippen LogP contribution in [0.1, 0.15) is 31.4 Å². The molecule has 0 unspecified atom stereocenters. The molecule has 0 radical (unpaired) electrons. The van der Waals surface area contributed by atoms with Gasteiger partial charge in [0.25, 0.3) is 5.91 Å². The summed E-state index contributed by atoms with van der Waals surface area (Å²) in [5.74, 6) is 5.27. The summed E-state index contributed by atoms with van der Waals surface area (Å²) in [5.41, 5.74) is 1.22. The zero-order chi connectivity index (χ0) is 12.3. The molecule has 1 amide bonds. The summed E-state index contributed by atoms with van der Waals surface area (Å²) >= 11 is 2.29. The van der Waals surface area contributed by atoms with Crippen molar-refractivity contribution in [2.24, 2.45) is 0 Å². The van der Waals surface area contributed by atoms with Crippen molar-refractivity contribution in [1.29, 1.82) is 0 Å². The minimum atomic E-state index is -0.0476. The zero-order valence-corrected chi connectivity index (χ0v) is 11.9. The highest BCUT2D eigenvalue weighted by molar-refractivity contribution is 14.1. The van der Waals surface area contributed by atoms with Crippen LogP contribution in [0.25, 0.3) is 0 Å². The van der Waals surface area contributed by atoms with Gasteiger partial charge in [-0.15, -0.1) is 0 Å². The minimum absolute atomic E-state index is 0.0476. The maximum absolute atomic E-state index is 11.8. The van der Waals surface area contributed by atoms with E-state index in [1.807, 2.05) is 4.90 Å². The molecule has 1 aromatic carbocycles. The van der Waals surface area contributed by atoms with E-state index in [9.17, 15) is 4.79 Å². The van der Waals surface area contributed by atoms with E-state index in [-0.39, 0.29) is 11.9 Å². The highest BCUT2D eigenvalue weighted by Gasteiger charge is 2.28. The lowest BCUT2D eigenvalue weighted by atomic mass is 10.0. The molecule has 3 heteroatoms. The molecule has 1 aromatic rings. The average Bonchev–Trinajstić information content (AvgIpc) is 2.79. The number of amides is 1. The Morgan fingerprint density at radius 2 is 2.12 bits per heavy atom. The van der Waals surface area contributed by atoms with Gasteiger partial charge in [-0.25, -0.2) is 0 Å². The van der Waals surface area contributed by atoms with Crippen molar-refractivity contribution in [2.75, 3.05) is 6.54 Å². The van der Waals surface area contributed by atoms with Gasteiger partial charge in [-0.3, -0.25) is 4.79 Å². The predicted molar refractivity (Wildman–Crippen MR) is 76.3 cm³/mol. The second-order valence-corrected chi connectivity index (χ2v) is 5.33. The maximum atomic E-state index is 11.8. The molecule has 2 rings (SSSR count). The number of halogens is 1. The highest BCUT2D eigenvalue weighted by atomic mass is 127. The lowest BCUT2D eigenvalue weighted by Gasteiger charge is -2.22. The maximum Gasteiger partial charge on any atom is 0.298 e. The van der Waals surface area contributed by atoms with Crippen LogP contribution in [0.15, 0.2) is 24.3 Å². The first-order valence-electron chi connectivity index (χ1n) is 5.71. The molecule has 0 saturated carbocycles. The van der Waals surface area contributed by atoms with Crippen molar-refractivity contribution < 1.29 is 4.79 Å². The van der Waals surface area contributed by atoms with E-state index in [4.69, 9.17) is 0 Å². The van der Waals surface area contributed by atoms with Crippen molar-refractivity contribution in [1.82, 2.24) is 4.90 Å². The molecule has 1 aliphatic rings. The first kappa shape index (κ1) is 12.4. The summed E-state index contributed by atoms with van der Waals surface area (Å²) in [6, 6.07) is 8.60. The van der Waals surface area contributed by atoms with Crippen molar-refractivity contribution in [3.63, 3.8) is 0 Å². The molecule has 88 valence electrons. The fourth-order valence-electron chi connectivity index (χ4n) is 2.22. The van der Waals surface area contributed by atoms with Gasteiger partial charge in [0, 0.05) is 10.1 Å². The SMILES string of the molecule is CC#CC(=O)N1CCC[C@@H]1c1ccc(I)cc1. The lowest BCUT2D eigenvalue weighted by Crippen LogP contribution is -2.29. The topological polar surface area (TPSA) is 20.3 Å². The molecule has 0 aromatic heterocycles. The van der Waals surface area contributed by atoms with E-state index in [1.54, 1.807) is 6.92 Å². The molecule has 0 aliphatic carbocycles. The molecule has 1 heterocycles. The van der Waals surface area contributed by atoms with Gasteiger partial charge in [0.15, 0.2) is 0 Å². The summed E-state index contributed by atoms with van der Waals surface area (Å²) in [7, 11) is 0. The van der Waals surface area contributed by atoms with Crippen LogP contribution in [-0.4, -0.2) is 17.4 Å². The predicted octanol–water partition coefficient (Wildman–Crippen LogP) is 2.98. The highest BCUT2D eigenvalue weighted by Crippen LogP contribution is 2.31. The van der Waals surface area contributed by atoms with Crippen LogP contribution in [0.4, 0.5) is 0 Å². The molecule has 0 N–H and O–H groups in total. The molecule has 0 bridgehead atoms. The number of hydrogen-bond donors (Lipinski definition) is 0. The smallest absolute Gasteiger partial charge is 0.298 e. The van der Waals surface area contributed by atoms with Gasteiger partial charge in [-0.1, -0.05) is 18.1 Å². The fraction of sp³-hybridized carbons (Fsp3) is 0.357. The molecule has 2 nitrogen and oxygen atoms in total. The van der Waals surface area contributed by atoms with Gasteiger partial charge >= 0.3 is 0 Å². The molecule has 1 atom stereocenters. The van der Waals surface area contributed by atoms with Crippen molar-refractivity contribution in [3.8, 4) is 11.8 Å². The Hall–Kier alpha value is -1.02. The number of carbonyl (C=O) groups is 1. The number of rotatable bonds is 1. The Kier molecular flexibility index (Phi) is 4.06. The largest absolute Gasteiger partial charge is 0.325 e. The number of nitrogens with zero attached hydrogens (tertiary/aromatic N) is 1. The van der Waals surface area contributed by atoms with E-state index in [0.29, 0.717) is 0 Å². The molecular formula is C14H14INO. The third-order valence-electron chi connectivity index (χ3n) is 3.00. The Labute approximate surface area is 116 Å².